The molecular weight excluding hydrogens is 462 g/mol. The van der Waals surface area contributed by atoms with Gasteiger partial charge in [-0.15, -0.1) is 10.2 Å². The summed E-state index contributed by atoms with van der Waals surface area (Å²) in [6.45, 7) is 10.3. The number of rotatable bonds is 10. The molecule has 2 aromatic heterocycles. The van der Waals surface area contributed by atoms with E-state index >= 15 is 0 Å². The maximum Gasteiger partial charge on any atom is 0.350 e. The van der Waals surface area contributed by atoms with Gasteiger partial charge in [0.05, 0.1) is 18.1 Å². The highest BCUT2D eigenvalue weighted by Gasteiger charge is 2.21. The maximum absolute atomic E-state index is 12.4. The molecule has 3 aromatic rings. The Bertz CT molecular complexity index is 1110. The van der Waals surface area contributed by atoms with Crippen LogP contribution in [-0.2, 0) is 16.1 Å². The SMILES string of the molecule is CCOC(=O)c1sc(NC(=O)CSc2nnc(C(C)Oc3ccc(C)cc3)n2CC)nc1C. The van der Waals surface area contributed by atoms with Gasteiger partial charge in [-0.1, -0.05) is 40.8 Å². The van der Waals surface area contributed by atoms with Crippen molar-refractivity contribution in [2.24, 2.45) is 0 Å². The smallest absolute Gasteiger partial charge is 0.350 e. The van der Waals surface area contributed by atoms with Crippen molar-refractivity contribution >= 4 is 40.1 Å². The van der Waals surface area contributed by atoms with E-state index in [1.807, 2.05) is 49.6 Å². The number of hydrogen-bond acceptors (Lipinski definition) is 9. The average Bonchev–Trinajstić information content (AvgIpc) is 3.36. The van der Waals surface area contributed by atoms with Gasteiger partial charge >= 0.3 is 5.97 Å². The molecule has 9 nitrogen and oxygen atoms in total. The van der Waals surface area contributed by atoms with Gasteiger partial charge in [0.25, 0.3) is 0 Å². The Kier molecular flexibility index (Phi) is 8.45. The van der Waals surface area contributed by atoms with E-state index in [1.165, 1.54) is 11.8 Å². The molecule has 0 fully saturated rings. The molecular formula is C22H27N5O4S2. The fourth-order valence-corrected chi connectivity index (χ4v) is 4.69. The third-order valence-electron chi connectivity index (χ3n) is 4.60. The second-order valence-corrected chi connectivity index (χ2v) is 9.09. The summed E-state index contributed by atoms with van der Waals surface area (Å²) in [5, 5.41) is 12.3. The van der Waals surface area contributed by atoms with Crippen LogP contribution in [0.15, 0.2) is 29.4 Å². The third-order valence-corrected chi connectivity index (χ3v) is 6.61. The van der Waals surface area contributed by atoms with Gasteiger partial charge in [0, 0.05) is 6.54 Å². The van der Waals surface area contributed by atoms with Crippen LogP contribution in [0.2, 0.25) is 0 Å². The number of nitrogens with one attached hydrogen (secondary N) is 1. The predicted octanol–water partition coefficient (Wildman–Crippen LogP) is 4.42. The molecule has 0 saturated carbocycles. The van der Waals surface area contributed by atoms with E-state index in [0.717, 1.165) is 22.6 Å². The molecule has 1 unspecified atom stereocenters. The maximum atomic E-state index is 12.4. The number of carbonyl (C=O) groups excluding carboxylic acids is 2. The number of anilines is 1. The Morgan fingerprint density at radius 1 is 1.18 bits per heavy atom. The van der Waals surface area contributed by atoms with Gasteiger partial charge in [-0.2, -0.15) is 0 Å². The van der Waals surface area contributed by atoms with Crippen molar-refractivity contribution in [3.63, 3.8) is 0 Å². The van der Waals surface area contributed by atoms with Gasteiger partial charge in [-0.25, -0.2) is 9.78 Å². The van der Waals surface area contributed by atoms with Crippen molar-refractivity contribution in [2.45, 2.75) is 52.4 Å². The van der Waals surface area contributed by atoms with E-state index in [1.54, 1.807) is 13.8 Å². The Morgan fingerprint density at radius 2 is 1.91 bits per heavy atom. The zero-order valence-electron chi connectivity index (χ0n) is 19.2. The van der Waals surface area contributed by atoms with Crippen molar-refractivity contribution in [1.29, 1.82) is 0 Å². The number of amides is 1. The third kappa shape index (κ3) is 6.32. The lowest BCUT2D eigenvalue weighted by Crippen LogP contribution is -2.15. The molecule has 33 heavy (non-hydrogen) atoms. The lowest BCUT2D eigenvalue weighted by molar-refractivity contribution is -0.113. The minimum Gasteiger partial charge on any atom is -0.483 e. The van der Waals surface area contributed by atoms with Crippen LogP contribution in [0.1, 0.15) is 53.6 Å². The van der Waals surface area contributed by atoms with Crippen LogP contribution in [0, 0.1) is 13.8 Å². The summed E-state index contributed by atoms with van der Waals surface area (Å²) < 4.78 is 13.0. The first-order chi connectivity index (χ1) is 15.8. The number of esters is 1. The van der Waals surface area contributed by atoms with Crippen LogP contribution in [0.3, 0.4) is 0 Å². The van der Waals surface area contributed by atoms with Crippen molar-refractivity contribution in [3.05, 3.63) is 46.2 Å². The van der Waals surface area contributed by atoms with Crippen molar-refractivity contribution in [3.8, 4) is 5.75 Å². The summed E-state index contributed by atoms with van der Waals surface area (Å²) in [6, 6.07) is 7.83. The number of ether oxygens (including phenoxy) is 2. The average molecular weight is 490 g/mol. The topological polar surface area (TPSA) is 108 Å². The number of hydrogen-bond donors (Lipinski definition) is 1. The van der Waals surface area contributed by atoms with E-state index in [0.29, 0.717) is 33.2 Å². The lowest BCUT2D eigenvalue weighted by atomic mass is 10.2. The first-order valence-corrected chi connectivity index (χ1v) is 12.4. The number of carbonyl (C=O) groups is 2. The summed E-state index contributed by atoms with van der Waals surface area (Å²) in [7, 11) is 0. The largest absolute Gasteiger partial charge is 0.483 e. The van der Waals surface area contributed by atoms with E-state index in [9.17, 15) is 9.59 Å². The molecule has 0 spiro atoms. The molecule has 176 valence electrons. The van der Waals surface area contributed by atoms with Gasteiger partial charge in [0.1, 0.15) is 10.6 Å². The lowest BCUT2D eigenvalue weighted by Gasteiger charge is -2.15. The van der Waals surface area contributed by atoms with Crippen LogP contribution < -0.4 is 10.1 Å². The number of thioether (sulfide) groups is 1. The Labute approximate surface area is 200 Å². The molecule has 11 heteroatoms. The number of aryl methyl sites for hydroxylation is 2. The molecule has 0 aliphatic rings. The van der Waals surface area contributed by atoms with E-state index in [4.69, 9.17) is 9.47 Å². The molecule has 1 atom stereocenters. The standard InChI is InChI=1S/C22H27N5O4S2/c1-6-27-19(15(5)31-16-10-8-13(3)9-11-16)25-26-22(27)32-12-17(28)24-21-23-14(4)18(33-21)20(29)30-7-2/h8-11,15H,6-7,12H2,1-5H3,(H,23,24,28). The fourth-order valence-electron chi connectivity index (χ4n) is 3.00. The summed E-state index contributed by atoms with van der Waals surface area (Å²) in [6.07, 6.45) is -0.303. The number of nitrogens with zero attached hydrogens (tertiary/aromatic N) is 4. The highest BCUT2D eigenvalue weighted by molar-refractivity contribution is 7.99. The van der Waals surface area contributed by atoms with Gasteiger partial charge < -0.3 is 19.4 Å². The normalized spacial score (nSPS) is 11.8. The number of thiazole rings is 1. The minimum atomic E-state index is -0.437. The molecule has 0 radical (unpaired) electrons. The molecule has 2 heterocycles. The second kappa shape index (κ2) is 11.3. The monoisotopic (exact) mass is 489 g/mol. The van der Waals surface area contributed by atoms with Gasteiger partial charge in [-0.3, -0.25) is 4.79 Å². The molecule has 1 amide bonds. The highest BCUT2D eigenvalue weighted by Crippen LogP contribution is 2.26. The summed E-state index contributed by atoms with van der Waals surface area (Å²) in [5.74, 6) is 0.885. The Balaban J connectivity index is 1.60. The fraction of sp³-hybridized carbons (Fsp3) is 0.409. The van der Waals surface area contributed by atoms with Crippen molar-refractivity contribution in [2.75, 3.05) is 17.7 Å². The van der Waals surface area contributed by atoms with Crippen molar-refractivity contribution in [1.82, 2.24) is 19.7 Å². The van der Waals surface area contributed by atoms with Gasteiger partial charge in [0.2, 0.25) is 5.91 Å². The molecule has 0 bridgehead atoms. The molecule has 0 saturated heterocycles. The van der Waals surface area contributed by atoms with E-state index in [2.05, 4.69) is 20.5 Å². The zero-order valence-corrected chi connectivity index (χ0v) is 20.9. The number of benzene rings is 1. The van der Waals surface area contributed by atoms with E-state index in [-0.39, 0.29) is 24.4 Å². The molecule has 0 aliphatic heterocycles. The van der Waals surface area contributed by atoms with Gasteiger partial charge in [-0.05, 0) is 46.8 Å². The summed E-state index contributed by atoms with van der Waals surface area (Å²) in [5.41, 5.74) is 1.69. The predicted molar refractivity (Wildman–Crippen MR) is 128 cm³/mol. The molecule has 0 aliphatic carbocycles. The summed E-state index contributed by atoms with van der Waals surface area (Å²) >= 11 is 2.38. The minimum absolute atomic E-state index is 0.124. The quantitative estimate of drug-likeness (QED) is 0.329. The Hall–Kier alpha value is -2.92. The molecule has 3 rings (SSSR count). The second-order valence-electron chi connectivity index (χ2n) is 7.15. The van der Waals surface area contributed by atoms with Gasteiger partial charge in [0.15, 0.2) is 22.2 Å². The molecule has 1 N–H and O–H groups in total. The van der Waals surface area contributed by atoms with Crippen LogP contribution >= 0.6 is 23.1 Å². The van der Waals surface area contributed by atoms with Crippen LogP contribution in [0.4, 0.5) is 5.13 Å². The van der Waals surface area contributed by atoms with Crippen LogP contribution in [0.5, 0.6) is 5.75 Å². The van der Waals surface area contributed by atoms with Crippen LogP contribution in [0.25, 0.3) is 0 Å². The number of aromatic nitrogens is 4. The van der Waals surface area contributed by atoms with Crippen molar-refractivity contribution < 1.29 is 19.1 Å². The summed E-state index contributed by atoms with van der Waals surface area (Å²) in [4.78, 5) is 29.0. The van der Waals surface area contributed by atoms with E-state index < -0.39 is 5.97 Å². The van der Waals surface area contributed by atoms with Crippen LogP contribution in [-0.4, -0.2) is 44.0 Å². The molecule has 1 aromatic carbocycles. The first-order valence-electron chi connectivity index (χ1n) is 10.6. The zero-order chi connectivity index (χ0) is 24.0. The highest BCUT2D eigenvalue weighted by atomic mass is 32.2. The first kappa shape index (κ1) is 24.7. The Morgan fingerprint density at radius 3 is 2.58 bits per heavy atom.